The molecule has 2 rings (SSSR count). The number of benzene rings is 1. The molecule has 0 unspecified atom stereocenters. The maximum absolute atomic E-state index is 5.07. The number of aryl methyl sites for hydroxylation is 1. The van der Waals surface area contributed by atoms with E-state index in [1.165, 1.54) is 5.56 Å². The summed E-state index contributed by atoms with van der Waals surface area (Å²) in [5, 5.41) is 1.12. The van der Waals surface area contributed by atoms with E-state index >= 15 is 0 Å². The zero-order valence-corrected chi connectivity index (χ0v) is 11.1. The van der Waals surface area contributed by atoms with Gasteiger partial charge < -0.3 is 4.42 Å². The normalized spacial score (nSPS) is 5.84. The van der Waals surface area contributed by atoms with Crippen molar-refractivity contribution in [2.24, 2.45) is 0 Å². The molecule has 1 heterocycles. The predicted molar refractivity (Wildman–Crippen MR) is 91.5 cm³/mol. The second kappa shape index (κ2) is 23.0. The minimum atomic E-state index is 0. The molecule has 0 aliphatic heterocycles. The van der Waals surface area contributed by atoms with E-state index in [1.54, 1.807) is 0 Å². The number of hydrogen-bond donors (Lipinski definition) is 0. The molecule has 0 saturated carbocycles. The fraction of sp³-hybridized carbons (Fsp3) is 0.529. The standard InChI is InChI=1S/C9H7O.C2H6.6CH4.Y/c1-7-2-3-8-4-5-10-9(8)6-7;1-2;;;;;;;/h2-4,6H,1H3;1-2H3;6*1H4;/q-1;;;;;;;;. The molecule has 1 radical (unpaired) electrons. The fourth-order valence-electron chi connectivity index (χ4n) is 1.01. The Hall–Kier alpha value is -0.136. The fourth-order valence-corrected chi connectivity index (χ4v) is 1.01. The maximum atomic E-state index is 5.07. The van der Waals surface area contributed by atoms with Gasteiger partial charge in [0, 0.05) is 32.7 Å². The summed E-state index contributed by atoms with van der Waals surface area (Å²) >= 11 is 0. The zero-order chi connectivity index (χ0) is 8.97. The summed E-state index contributed by atoms with van der Waals surface area (Å²) in [7, 11) is 0. The van der Waals surface area contributed by atoms with Crippen molar-refractivity contribution in [2.75, 3.05) is 0 Å². The van der Waals surface area contributed by atoms with E-state index in [0.29, 0.717) is 0 Å². The Kier molecular flexibility index (Phi) is 51.8. The molecule has 0 fully saturated rings. The first-order valence-corrected chi connectivity index (χ1v) is 4.22. The largest absolute Gasteiger partial charge is 0.591 e. The van der Waals surface area contributed by atoms with E-state index < -0.39 is 0 Å². The van der Waals surface area contributed by atoms with Crippen LogP contribution in [-0.4, -0.2) is 0 Å². The first kappa shape index (κ1) is 42.8. The van der Waals surface area contributed by atoms with Crippen molar-refractivity contribution < 1.29 is 37.1 Å². The zero-order valence-electron chi connectivity index (χ0n) is 8.29. The van der Waals surface area contributed by atoms with Crippen LogP contribution in [-0.2, 0) is 32.7 Å². The number of fused-ring (bicyclic) bond motifs is 1. The van der Waals surface area contributed by atoms with Crippen LogP contribution in [0.3, 0.4) is 0 Å². The van der Waals surface area contributed by atoms with Crippen molar-refractivity contribution >= 4 is 11.0 Å². The van der Waals surface area contributed by atoms with Crippen molar-refractivity contribution in [3.8, 4) is 0 Å². The van der Waals surface area contributed by atoms with E-state index in [2.05, 4.69) is 12.3 Å². The van der Waals surface area contributed by atoms with Gasteiger partial charge in [-0.25, -0.2) is 0 Å². The first-order valence-electron chi connectivity index (χ1n) is 4.22. The van der Waals surface area contributed by atoms with Crippen LogP contribution >= 0.6 is 0 Å². The van der Waals surface area contributed by atoms with E-state index in [4.69, 9.17) is 4.42 Å². The maximum Gasteiger partial charge on any atom is 0 e. The Bertz CT molecular complexity index is 353. The third-order valence-corrected chi connectivity index (χ3v) is 1.55. The van der Waals surface area contributed by atoms with Crippen LogP contribution in [0.15, 0.2) is 28.7 Å². The van der Waals surface area contributed by atoms with Crippen LogP contribution in [0, 0.1) is 13.2 Å². The molecule has 2 heteroatoms. The molecule has 19 heavy (non-hydrogen) atoms. The SMILES string of the molecule is C.C.C.C.C.C.CC.Cc1ccc2c[c-]oc2c1.[Y]. The van der Waals surface area contributed by atoms with Crippen LogP contribution in [0.25, 0.3) is 11.0 Å². The van der Waals surface area contributed by atoms with E-state index in [9.17, 15) is 0 Å². The Labute approximate surface area is 149 Å². The summed E-state index contributed by atoms with van der Waals surface area (Å²) in [5.74, 6) is 0. The topological polar surface area (TPSA) is 13.1 Å². The summed E-state index contributed by atoms with van der Waals surface area (Å²) < 4.78 is 5.07. The molecular formula is C17H37OY-. The minimum Gasteiger partial charge on any atom is -0.591 e. The quantitative estimate of drug-likeness (QED) is 0.453. The number of rotatable bonds is 0. The molecule has 0 amide bonds. The molecular weight excluding hydrogens is 309 g/mol. The van der Waals surface area contributed by atoms with Crippen LogP contribution in [0.1, 0.15) is 64.0 Å². The molecule has 1 aromatic carbocycles. The first-order chi connectivity index (χ1) is 5.86. The third kappa shape index (κ3) is 12.6. The van der Waals surface area contributed by atoms with Gasteiger partial charge in [-0.05, 0) is 18.8 Å². The Morgan fingerprint density at radius 1 is 0.895 bits per heavy atom. The van der Waals surface area contributed by atoms with E-state index in [-0.39, 0.29) is 77.3 Å². The van der Waals surface area contributed by atoms with Crippen LogP contribution < -0.4 is 0 Å². The van der Waals surface area contributed by atoms with Crippen LogP contribution in [0.5, 0.6) is 0 Å². The van der Waals surface area contributed by atoms with Gasteiger partial charge in [-0.2, -0.15) is 0 Å². The molecule has 2 aromatic rings. The summed E-state index contributed by atoms with van der Waals surface area (Å²) in [4.78, 5) is 0. The van der Waals surface area contributed by atoms with E-state index in [1.807, 2.05) is 39.0 Å². The number of furan rings is 1. The van der Waals surface area contributed by atoms with Gasteiger partial charge in [0.25, 0.3) is 0 Å². The summed E-state index contributed by atoms with van der Waals surface area (Å²) in [6.45, 7) is 6.04. The van der Waals surface area contributed by atoms with Crippen molar-refractivity contribution in [1.29, 1.82) is 0 Å². The van der Waals surface area contributed by atoms with Gasteiger partial charge in [-0.3, -0.25) is 0 Å². The molecule has 0 aliphatic carbocycles. The van der Waals surface area contributed by atoms with Crippen molar-refractivity contribution in [3.63, 3.8) is 0 Å². The molecule has 0 N–H and O–H groups in total. The van der Waals surface area contributed by atoms with Crippen molar-refractivity contribution in [3.05, 3.63) is 36.1 Å². The smallest absolute Gasteiger partial charge is 0 e. The van der Waals surface area contributed by atoms with Crippen molar-refractivity contribution in [2.45, 2.75) is 65.3 Å². The van der Waals surface area contributed by atoms with Gasteiger partial charge in [0.05, 0.1) is 0 Å². The molecule has 0 atom stereocenters. The molecule has 115 valence electrons. The second-order valence-electron chi connectivity index (χ2n) is 2.41. The van der Waals surface area contributed by atoms with Gasteiger partial charge in [-0.15, -0.1) is 17.5 Å². The molecule has 0 spiro atoms. The summed E-state index contributed by atoms with van der Waals surface area (Å²) in [6.07, 6.45) is 2.69. The summed E-state index contributed by atoms with van der Waals surface area (Å²) in [6, 6.07) is 7.94. The van der Waals surface area contributed by atoms with Gasteiger partial charge >= 0.3 is 0 Å². The summed E-state index contributed by atoms with van der Waals surface area (Å²) in [5.41, 5.74) is 2.14. The Morgan fingerprint density at radius 2 is 1.37 bits per heavy atom. The van der Waals surface area contributed by atoms with E-state index in [0.717, 1.165) is 11.0 Å². The van der Waals surface area contributed by atoms with Crippen molar-refractivity contribution in [1.82, 2.24) is 0 Å². The van der Waals surface area contributed by atoms with Gasteiger partial charge in [0.2, 0.25) is 0 Å². The average Bonchev–Trinajstić information content (AvgIpc) is 2.54. The number of hydrogen-bond acceptors (Lipinski definition) is 1. The molecule has 0 bridgehead atoms. The molecule has 1 aromatic heterocycles. The monoisotopic (exact) mass is 346 g/mol. The van der Waals surface area contributed by atoms with Gasteiger partial charge in [0.1, 0.15) is 0 Å². The van der Waals surface area contributed by atoms with Crippen LogP contribution in [0.2, 0.25) is 0 Å². The van der Waals surface area contributed by atoms with Gasteiger partial charge in [0.15, 0.2) is 0 Å². The molecule has 0 aliphatic rings. The van der Waals surface area contributed by atoms with Gasteiger partial charge in [-0.1, -0.05) is 76.1 Å². The average molecular weight is 346 g/mol. The van der Waals surface area contributed by atoms with Crippen LogP contribution in [0.4, 0.5) is 0 Å². The third-order valence-electron chi connectivity index (χ3n) is 1.55. The minimum absolute atomic E-state index is 0. The Morgan fingerprint density at radius 3 is 1.84 bits per heavy atom. The Balaban J connectivity index is -0.0000000307. The molecule has 0 saturated heterocycles. The predicted octanol–water partition coefficient (Wildman–Crippen LogP) is 7.38. The molecule has 1 nitrogen and oxygen atoms in total. The second-order valence-corrected chi connectivity index (χ2v) is 2.41.